The molecule has 0 aliphatic carbocycles. The lowest BCUT2D eigenvalue weighted by Gasteiger charge is -2.28. The van der Waals surface area contributed by atoms with Gasteiger partial charge in [0.05, 0.1) is 13.2 Å². The second-order valence-corrected chi connectivity index (χ2v) is 3.18. The molecule has 4 heteroatoms. The molecule has 0 amide bonds. The van der Waals surface area contributed by atoms with Crippen LogP contribution in [0.25, 0.3) is 0 Å². The third-order valence-corrected chi connectivity index (χ3v) is 2.03. The number of hydrogen-bond donors (Lipinski definition) is 0. The monoisotopic (exact) mass is 198 g/mol. The van der Waals surface area contributed by atoms with Gasteiger partial charge in [-0.1, -0.05) is 6.58 Å². The molecule has 78 valence electrons. The zero-order chi connectivity index (χ0) is 10.6. The second kappa shape index (κ2) is 4.91. The Kier molecular flexibility index (Phi) is 3.83. The molecule has 1 heterocycles. The molecule has 1 aliphatic rings. The Bertz CT molecular complexity index is 267. The Morgan fingerprint density at radius 2 is 2.00 bits per heavy atom. The van der Waals surface area contributed by atoms with E-state index < -0.39 is 0 Å². The molecule has 0 saturated carbocycles. The standard InChI is InChI=1S/C10H15FN2O/c1-8(2)9(11)10(12-3)13-4-6-14-7-5-13/h1,3-7H2,2H3/b10-9-. The summed E-state index contributed by atoms with van der Waals surface area (Å²) in [5.41, 5.74) is 0.374. The third kappa shape index (κ3) is 2.42. The van der Waals surface area contributed by atoms with Gasteiger partial charge in [0.15, 0.2) is 11.6 Å². The van der Waals surface area contributed by atoms with E-state index in [9.17, 15) is 4.39 Å². The Balaban J connectivity index is 2.83. The molecule has 1 aliphatic heterocycles. The molecular formula is C10H15FN2O. The normalized spacial score (nSPS) is 18.9. The van der Waals surface area contributed by atoms with E-state index in [2.05, 4.69) is 18.3 Å². The maximum absolute atomic E-state index is 13.5. The molecule has 14 heavy (non-hydrogen) atoms. The Labute approximate surface area is 83.6 Å². The van der Waals surface area contributed by atoms with Crippen molar-refractivity contribution >= 4 is 6.72 Å². The van der Waals surface area contributed by atoms with Crippen molar-refractivity contribution in [3.63, 3.8) is 0 Å². The van der Waals surface area contributed by atoms with Crippen LogP contribution in [0.5, 0.6) is 0 Å². The minimum absolute atomic E-state index is 0.279. The number of halogens is 1. The second-order valence-electron chi connectivity index (χ2n) is 3.18. The van der Waals surface area contributed by atoms with Crippen LogP contribution in [0.15, 0.2) is 28.8 Å². The predicted octanol–water partition coefficient (Wildman–Crippen LogP) is 1.73. The van der Waals surface area contributed by atoms with E-state index in [1.165, 1.54) is 0 Å². The summed E-state index contributed by atoms with van der Waals surface area (Å²) in [7, 11) is 0. The number of allylic oxidation sites excluding steroid dienone is 2. The summed E-state index contributed by atoms with van der Waals surface area (Å²) in [6.07, 6.45) is 0. The number of hydrogen-bond acceptors (Lipinski definition) is 3. The van der Waals surface area contributed by atoms with E-state index in [4.69, 9.17) is 4.74 Å². The average molecular weight is 198 g/mol. The number of morpholine rings is 1. The summed E-state index contributed by atoms with van der Waals surface area (Å²) in [6.45, 7) is 11.0. The van der Waals surface area contributed by atoms with Gasteiger partial charge in [-0.15, -0.1) is 0 Å². The van der Waals surface area contributed by atoms with E-state index in [0.717, 1.165) is 0 Å². The number of rotatable bonds is 3. The highest BCUT2D eigenvalue weighted by molar-refractivity contribution is 5.33. The lowest BCUT2D eigenvalue weighted by molar-refractivity contribution is 0.0520. The molecule has 0 spiro atoms. The van der Waals surface area contributed by atoms with Gasteiger partial charge in [0.1, 0.15) is 0 Å². The van der Waals surface area contributed by atoms with Crippen LogP contribution in [-0.4, -0.2) is 37.9 Å². The van der Waals surface area contributed by atoms with Crippen molar-refractivity contribution in [2.24, 2.45) is 4.99 Å². The quantitative estimate of drug-likeness (QED) is 0.509. The van der Waals surface area contributed by atoms with Gasteiger partial charge in [0.25, 0.3) is 0 Å². The fraction of sp³-hybridized carbons (Fsp3) is 0.500. The zero-order valence-electron chi connectivity index (χ0n) is 8.42. The molecule has 3 nitrogen and oxygen atoms in total. The van der Waals surface area contributed by atoms with Crippen molar-refractivity contribution in [2.75, 3.05) is 26.3 Å². The average Bonchev–Trinajstić information content (AvgIpc) is 2.20. The first-order valence-corrected chi connectivity index (χ1v) is 4.52. The number of ether oxygens (including phenoxy) is 1. The van der Waals surface area contributed by atoms with Crippen molar-refractivity contribution in [1.29, 1.82) is 0 Å². The predicted molar refractivity (Wildman–Crippen MR) is 54.9 cm³/mol. The molecule has 0 unspecified atom stereocenters. The van der Waals surface area contributed by atoms with Crippen molar-refractivity contribution in [3.05, 3.63) is 23.8 Å². The molecule has 0 radical (unpaired) electrons. The van der Waals surface area contributed by atoms with Crippen molar-refractivity contribution in [3.8, 4) is 0 Å². The number of nitrogens with zero attached hydrogens (tertiary/aromatic N) is 2. The molecule has 1 rings (SSSR count). The molecule has 0 N–H and O–H groups in total. The fourth-order valence-corrected chi connectivity index (χ4v) is 1.27. The minimum Gasteiger partial charge on any atom is -0.378 e. The van der Waals surface area contributed by atoms with Crippen LogP contribution in [0.3, 0.4) is 0 Å². The minimum atomic E-state index is -0.387. The summed E-state index contributed by atoms with van der Waals surface area (Å²) in [6, 6.07) is 0. The van der Waals surface area contributed by atoms with Crippen molar-refractivity contribution in [1.82, 2.24) is 4.90 Å². The van der Waals surface area contributed by atoms with Gasteiger partial charge in [0, 0.05) is 13.1 Å². The van der Waals surface area contributed by atoms with Gasteiger partial charge in [0.2, 0.25) is 0 Å². The lowest BCUT2D eigenvalue weighted by atomic mass is 10.3. The van der Waals surface area contributed by atoms with E-state index in [1.807, 2.05) is 4.90 Å². The summed E-state index contributed by atoms with van der Waals surface area (Å²) >= 11 is 0. The van der Waals surface area contributed by atoms with Gasteiger partial charge in [-0.2, -0.15) is 0 Å². The molecule has 0 aromatic rings. The fourth-order valence-electron chi connectivity index (χ4n) is 1.27. The maximum atomic E-state index is 13.5. The van der Waals surface area contributed by atoms with Crippen LogP contribution < -0.4 is 0 Å². The van der Waals surface area contributed by atoms with Crippen molar-refractivity contribution < 1.29 is 9.13 Å². The largest absolute Gasteiger partial charge is 0.378 e. The Morgan fingerprint density at radius 3 is 2.43 bits per heavy atom. The van der Waals surface area contributed by atoms with Gasteiger partial charge in [-0.05, 0) is 19.2 Å². The summed E-state index contributed by atoms with van der Waals surface area (Å²) < 4.78 is 18.7. The van der Waals surface area contributed by atoms with Crippen LogP contribution in [0.2, 0.25) is 0 Å². The number of aliphatic imine (C=N–C) groups is 1. The molecule has 0 aromatic heterocycles. The van der Waals surface area contributed by atoms with Gasteiger partial charge < -0.3 is 9.64 Å². The highest BCUT2D eigenvalue weighted by atomic mass is 19.1. The van der Waals surface area contributed by atoms with Crippen LogP contribution >= 0.6 is 0 Å². The molecule has 0 aromatic carbocycles. The molecular weight excluding hydrogens is 183 g/mol. The Hall–Kier alpha value is -1.16. The van der Waals surface area contributed by atoms with Crippen LogP contribution in [-0.2, 0) is 4.74 Å². The maximum Gasteiger partial charge on any atom is 0.167 e. The van der Waals surface area contributed by atoms with Gasteiger partial charge in [-0.3, -0.25) is 0 Å². The third-order valence-electron chi connectivity index (χ3n) is 2.03. The molecule has 0 atom stereocenters. The highest BCUT2D eigenvalue weighted by Crippen LogP contribution is 2.19. The topological polar surface area (TPSA) is 24.8 Å². The molecule has 1 saturated heterocycles. The lowest BCUT2D eigenvalue weighted by Crippen LogP contribution is -2.35. The van der Waals surface area contributed by atoms with E-state index in [-0.39, 0.29) is 11.6 Å². The first-order valence-electron chi connectivity index (χ1n) is 4.52. The van der Waals surface area contributed by atoms with Gasteiger partial charge in [-0.25, -0.2) is 9.38 Å². The smallest absolute Gasteiger partial charge is 0.167 e. The highest BCUT2D eigenvalue weighted by Gasteiger charge is 2.17. The van der Waals surface area contributed by atoms with E-state index in [0.29, 0.717) is 31.9 Å². The summed E-state index contributed by atoms with van der Waals surface area (Å²) in [5, 5.41) is 0. The Morgan fingerprint density at radius 1 is 1.43 bits per heavy atom. The van der Waals surface area contributed by atoms with Gasteiger partial charge >= 0.3 is 0 Å². The first kappa shape index (κ1) is 10.9. The van der Waals surface area contributed by atoms with Crippen LogP contribution in [0, 0.1) is 0 Å². The molecule has 0 bridgehead atoms. The summed E-state index contributed by atoms with van der Waals surface area (Å²) in [4.78, 5) is 5.52. The van der Waals surface area contributed by atoms with E-state index >= 15 is 0 Å². The van der Waals surface area contributed by atoms with E-state index in [1.54, 1.807) is 6.92 Å². The first-order chi connectivity index (χ1) is 6.66. The zero-order valence-corrected chi connectivity index (χ0v) is 8.42. The van der Waals surface area contributed by atoms with Crippen molar-refractivity contribution in [2.45, 2.75) is 6.92 Å². The SMILES string of the molecule is C=N/C(=C(/F)C(=C)C)N1CCOCC1. The summed E-state index contributed by atoms with van der Waals surface area (Å²) in [5.74, 6) is -0.109. The molecule has 1 fully saturated rings. The van der Waals surface area contributed by atoms with Crippen LogP contribution in [0.4, 0.5) is 4.39 Å². The van der Waals surface area contributed by atoms with Crippen LogP contribution in [0.1, 0.15) is 6.92 Å².